The van der Waals surface area contributed by atoms with Gasteiger partial charge in [0.15, 0.2) is 0 Å². The third-order valence-electron chi connectivity index (χ3n) is 4.50. The van der Waals surface area contributed by atoms with Crippen molar-refractivity contribution in [3.8, 4) is 0 Å². The summed E-state index contributed by atoms with van der Waals surface area (Å²) < 4.78 is 14.3. The number of aromatic nitrogens is 2. The Balaban J connectivity index is 2.26. The molecule has 0 aromatic carbocycles. The average molecular weight is 264 g/mol. The number of aryl methyl sites for hydroxylation is 1. The van der Waals surface area contributed by atoms with E-state index in [-0.39, 0.29) is 18.3 Å². The second-order valence-electron chi connectivity index (χ2n) is 6.47. The quantitative estimate of drug-likeness (QED) is 0.787. The van der Waals surface area contributed by atoms with Gasteiger partial charge in [-0.15, -0.1) is 0 Å². The zero-order chi connectivity index (χ0) is 14.4. The van der Waals surface area contributed by atoms with Crippen LogP contribution in [0.3, 0.4) is 0 Å². The molecular formula is C14H25BN2O2. The van der Waals surface area contributed by atoms with E-state index in [9.17, 15) is 0 Å². The second kappa shape index (κ2) is 4.63. The predicted octanol–water partition coefficient (Wildman–Crippen LogP) is 2.46. The van der Waals surface area contributed by atoms with Gasteiger partial charge in [-0.1, -0.05) is 6.92 Å². The van der Waals surface area contributed by atoms with E-state index in [0.29, 0.717) is 6.04 Å². The van der Waals surface area contributed by atoms with Crippen LogP contribution in [-0.4, -0.2) is 27.9 Å². The fourth-order valence-electron chi connectivity index (χ4n) is 2.23. The van der Waals surface area contributed by atoms with E-state index in [2.05, 4.69) is 57.3 Å². The first-order valence-corrected chi connectivity index (χ1v) is 7.09. The van der Waals surface area contributed by atoms with Gasteiger partial charge in [0.25, 0.3) is 0 Å². The lowest BCUT2D eigenvalue weighted by atomic mass is 9.86. The van der Waals surface area contributed by atoms with Crippen molar-refractivity contribution in [2.45, 2.75) is 72.1 Å². The van der Waals surface area contributed by atoms with Crippen molar-refractivity contribution in [2.75, 3.05) is 0 Å². The van der Waals surface area contributed by atoms with Crippen LogP contribution in [0.1, 0.15) is 59.8 Å². The van der Waals surface area contributed by atoms with Gasteiger partial charge in [-0.3, -0.25) is 0 Å². The van der Waals surface area contributed by atoms with Gasteiger partial charge in [0.05, 0.1) is 16.8 Å². The van der Waals surface area contributed by atoms with Gasteiger partial charge in [0, 0.05) is 12.2 Å². The Hall–Kier alpha value is -0.805. The molecule has 2 rings (SSSR count). The first kappa shape index (κ1) is 14.6. The van der Waals surface area contributed by atoms with Crippen molar-refractivity contribution >= 4 is 12.7 Å². The maximum Gasteiger partial charge on any atom is 0.516 e. The van der Waals surface area contributed by atoms with Gasteiger partial charge in [0.1, 0.15) is 5.82 Å². The summed E-state index contributed by atoms with van der Waals surface area (Å²) in [7, 11) is -0.367. The third kappa shape index (κ3) is 2.46. The van der Waals surface area contributed by atoms with Gasteiger partial charge in [0.2, 0.25) is 0 Å². The summed E-state index contributed by atoms with van der Waals surface area (Å²) in [5.74, 6) is 1.01. The van der Waals surface area contributed by atoms with Gasteiger partial charge in [-0.25, -0.2) is 4.98 Å². The maximum atomic E-state index is 6.03. The molecule has 106 valence electrons. The summed E-state index contributed by atoms with van der Waals surface area (Å²) >= 11 is 0. The Bertz CT molecular complexity index is 452. The highest BCUT2D eigenvalue weighted by Gasteiger charge is 2.52. The molecule has 19 heavy (non-hydrogen) atoms. The van der Waals surface area contributed by atoms with Gasteiger partial charge in [-0.05, 0) is 48.0 Å². The van der Waals surface area contributed by atoms with E-state index in [0.717, 1.165) is 17.8 Å². The van der Waals surface area contributed by atoms with E-state index < -0.39 is 0 Å². The molecule has 1 aliphatic heterocycles. The minimum atomic E-state index is -0.367. The fourth-order valence-corrected chi connectivity index (χ4v) is 2.23. The highest BCUT2D eigenvalue weighted by Crippen LogP contribution is 2.36. The van der Waals surface area contributed by atoms with Crippen LogP contribution in [0.4, 0.5) is 0 Å². The molecule has 1 fully saturated rings. The first-order chi connectivity index (χ1) is 8.68. The molecule has 1 unspecified atom stereocenters. The Kier molecular flexibility index (Phi) is 3.56. The van der Waals surface area contributed by atoms with Crippen LogP contribution in [0, 0.1) is 6.92 Å². The maximum absolute atomic E-state index is 6.03. The van der Waals surface area contributed by atoms with E-state index in [1.807, 2.05) is 6.92 Å². The van der Waals surface area contributed by atoms with E-state index in [1.165, 1.54) is 0 Å². The fraction of sp³-hybridized carbons (Fsp3) is 0.786. The SMILES string of the molecule is CCC(C)n1cc(B2OC(C)(C)C(C)(C)O2)nc1C. The van der Waals surface area contributed by atoms with Crippen LogP contribution < -0.4 is 5.59 Å². The number of imidazole rings is 1. The zero-order valence-electron chi connectivity index (χ0n) is 13.2. The first-order valence-electron chi connectivity index (χ1n) is 7.09. The molecule has 1 aromatic rings. The molecule has 1 aliphatic rings. The number of hydrogen-bond acceptors (Lipinski definition) is 3. The molecular weight excluding hydrogens is 239 g/mol. The van der Waals surface area contributed by atoms with Crippen LogP contribution in [-0.2, 0) is 9.31 Å². The summed E-state index contributed by atoms with van der Waals surface area (Å²) in [5.41, 5.74) is 0.244. The second-order valence-corrected chi connectivity index (χ2v) is 6.47. The molecule has 0 amide bonds. The normalized spacial score (nSPS) is 22.8. The minimum absolute atomic E-state index is 0.314. The van der Waals surface area contributed by atoms with Crippen molar-refractivity contribution in [3.05, 3.63) is 12.0 Å². The Labute approximate surface area is 116 Å². The summed E-state index contributed by atoms with van der Waals surface area (Å²) in [6.45, 7) is 14.6. The molecule has 0 radical (unpaired) electrons. The molecule has 1 atom stereocenters. The highest BCUT2D eigenvalue weighted by molar-refractivity contribution is 6.61. The van der Waals surface area contributed by atoms with Gasteiger partial charge < -0.3 is 13.9 Å². The van der Waals surface area contributed by atoms with Crippen molar-refractivity contribution in [3.63, 3.8) is 0 Å². The molecule has 0 N–H and O–H groups in total. The number of nitrogens with zero attached hydrogens (tertiary/aromatic N) is 2. The highest BCUT2D eigenvalue weighted by atomic mass is 16.7. The number of rotatable bonds is 3. The lowest BCUT2D eigenvalue weighted by Crippen LogP contribution is -2.41. The number of hydrogen-bond donors (Lipinski definition) is 0. The van der Waals surface area contributed by atoms with Crippen LogP contribution >= 0.6 is 0 Å². The Morgan fingerprint density at radius 1 is 1.26 bits per heavy atom. The topological polar surface area (TPSA) is 36.3 Å². The van der Waals surface area contributed by atoms with Crippen molar-refractivity contribution in [1.82, 2.24) is 9.55 Å². The van der Waals surface area contributed by atoms with Crippen LogP contribution in [0.2, 0.25) is 0 Å². The lowest BCUT2D eigenvalue weighted by molar-refractivity contribution is 0.00578. The molecule has 1 aromatic heterocycles. The molecule has 2 heterocycles. The molecule has 4 nitrogen and oxygen atoms in total. The van der Waals surface area contributed by atoms with E-state index in [1.54, 1.807) is 0 Å². The molecule has 0 bridgehead atoms. The predicted molar refractivity (Wildman–Crippen MR) is 77.7 cm³/mol. The molecule has 0 saturated carbocycles. The summed E-state index contributed by atoms with van der Waals surface area (Å²) in [5, 5.41) is 0. The van der Waals surface area contributed by atoms with Crippen molar-refractivity contribution in [1.29, 1.82) is 0 Å². The molecule has 5 heteroatoms. The largest absolute Gasteiger partial charge is 0.516 e. The van der Waals surface area contributed by atoms with Gasteiger partial charge >= 0.3 is 7.12 Å². The smallest absolute Gasteiger partial charge is 0.398 e. The van der Waals surface area contributed by atoms with E-state index >= 15 is 0 Å². The molecule has 1 saturated heterocycles. The Morgan fingerprint density at radius 3 is 2.26 bits per heavy atom. The average Bonchev–Trinajstić information content (AvgIpc) is 2.77. The summed E-state index contributed by atoms with van der Waals surface area (Å²) in [6.07, 6.45) is 3.14. The van der Waals surface area contributed by atoms with E-state index in [4.69, 9.17) is 9.31 Å². The third-order valence-corrected chi connectivity index (χ3v) is 4.50. The molecule has 0 aliphatic carbocycles. The van der Waals surface area contributed by atoms with Crippen LogP contribution in [0.15, 0.2) is 6.20 Å². The van der Waals surface area contributed by atoms with Crippen LogP contribution in [0.5, 0.6) is 0 Å². The minimum Gasteiger partial charge on any atom is -0.398 e. The summed E-state index contributed by atoms with van der Waals surface area (Å²) in [4.78, 5) is 4.61. The molecule has 0 spiro atoms. The standard InChI is InChI=1S/C14H25BN2O2/c1-8-10(2)17-9-12(16-11(17)3)15-18-13(4,5)14(6,7)19-15/h9-10H,8H2,1-7H3. The summed E-state index contributed by atoms with van der Waals surface area (Å²) in [6, 6.07) is 0.448. The van der Waals surface area contributed by atoms with Crippen molar-refractivity contribution in [2.24, 2.45) is 0 Å². The Morgan fingerprint density at radius 2 is 1.79 bits per heavy atom. The van der Waals surface area contributed by atoms with Crippen molar-refractivity contribution < 1.29 is 9.31 Å². The zero-order valence-corrected chi connectivity index (χ0v) is 13.2. The lowest BCUT2D eigenvalue weighted by Gasteiger charge is -2.32. The van der Waals surface area contributed by atoms with Crippen LogP contribution in [0.25, 0.3) is 0 Å². The monoisotopic (exact) mass is 264 g/mol. The van der Waals surface area contributed by atoms with Gasteiger partial charge in [-0.2, -0.15) is 0 Å².